The van der Waals surface area contributed by atoms with Crippen LogP contribution in [0, 0.1) is 0 Å². The van der Waals surface area contributed by atoms with Gasteiger partial charge < -0.3 is 9.16 Å². The van der Waals surface area contributed by atoms with E-state index in [1.54, 1.807) is 6.26 Å². The Morgan fingerprint density at radius 2 is 1.67 bits per heavy atom. The quantitative estimate of drug-likeness (QED) is 0.410. The van der Waals surface area contributed by atoms with E-state index in [4.69, 9.17) is 9.16 Å². The SMILES string of the molecule is C/C=C(/C=C/OC(C)(C)C)O[Si](C)(C)C. The molecule has 0 aliphatic rings. The second-order valence-corrected chi connectivity index (χ2v) is 9.87. The van der Waals surface area contributed by atoms with Crippen LogP contribution in [-0.2, 0) is 9.16 Å². The van der Waals surface area contributed by atoms with Gasteiger partial charge in [-0.3, -0.25) is 0 Å². The molecule has 15 heavy (non-hydrogen) atoms. The molecule has 0 aliphatic carbocycles. The van der Waals surface area contributed by atoms with Crippen LogP contribution in [0.2, 0.25) is 19.6 Å². The first-order chi connectivity index (χ1) is 6.64. The summed E-state index contributed by atoms with van der Waals surface area (Å²) in [6.45, 7) is 14.5. The fourth-order valence-electron chi connectivity index (χ4n) is 0.848. The lowest BCUT2D eigenvalue weighted by molar-refractivity contribution is 0.0763. The molecule has 0 aliphatic heterocycles. The first-order valence-corrected chi connectivity index (χ1v) is 8.74. The molecular formula is C12H24O2Si. The molecule has 0 rings (SSSR count). The second-order valence-electron chi connectivity index (χ2n) is 5.44. The summed E-state index contributed by atoms with van der Waals surface area (Å²) >= 11 is 0. The van der Waals surface area contributed by atoms with Crippen LogP contribution in [0.25, 0.3) is 0 Å². The molecule has 0 radical (unpaired) electrons. The highest BCUT2D eigenvalue weighted by atomic mass is 28.4. The Hall–Kier alpha value is -0.703. The number of hydrogen-bond acceptors (Lipinski definition) is 2. The van der Waals surface area contributed by atoms with E-state index in [9.17, 15) is 0 Å². The van der Waals surface area contributed by atoms with Crippen molar-refractivity contribution >= 4 is 8.32 Å². The van der Waals surface area contributed by atoms with E-state index in [1.165, 1.54) is 0 Å². The summed E-state index contributed by atoms with van der Waals surface area (Å²) in [5, 5.41) is 0. The normalized spacial score (nSPS) is 14.5. The standard InChI is InChI=1S/C12H24O2Si/c1-8-11(14-15(5,6)7)9-10-13-12(2,3)4/h8-10H,1-7H3/b10-9+,11-8-. The van der Waals surface area contributed by atoms with Gasteiger partial charge in [-0.15, -0.1) is 0 Å². The monoisotopic (exact) mass is 228 g/mol. The minimum absolute atomic E-state index is 0.144. The Labute approximate surface area is 95.1 Å². The number of ether oxygens (including phenoxy) is 1. The lowest BCUT2D eigenvalue weighted by atomic mass is 10.2. The molecule has 0 heterocycles. The molecule has 0 bridgehead atoms. The van der Waals surface area contributed by atoms with E-state index in [0.29, 0.717) is 0 Å². The average molecular weight is 228 g/mol. The minimum Gasteiger partial charge on any atom is -0.544 e. The van der Waals surface area contributed by atoms with E-state index in [2.05, 4.69) is 19.6 Å². The van der Waals surface area contributed by atoms with Gasteiger partial charge >= 0.3 is 0 Å². The molecule has 0 saturated heterocycles. The van der Waals surface area contributed by atoms with Crippen LogP contribution in [0.3, 0.4) is 0 Å². The van der Waals surface area contributed by atoms with E-state index in [1.807, 2.05) is 39.8 Å². The van der Waals surface area contributed by atoms with Crippen molar-refractivity contribution in [3.05, 3.63) is 24.2 Å². The number of rotatable bonds is 4. The summed E-state index contributed by atoms with van der Waals surface area (Å²) in [6, 6.07) is 0. The van der Waals surface area contributed by atoms with Crippen LogP contribution in [0.15, 0.2) is 24.2 Å². The molecule has 0 spiro atoms. The highest BCUT2D eigenvalue weighted by molar-refractivity contribution is 6.70. The van der Waals surface area contributed by atoms with Gasteiger partial charge in [0.15, 0.2) is 0 Å². The topological polar surface area (TPSA) is 18.5 Å². The molecule has 0 amide bonds. The summed E-state index contributed by atoms with van der Waals surface area (Å²) in [5.74, 6) is 0.887. The summed E-state index contributed by atoms with van der Waals surface area (Å²) in [7, 11) is -1.51. The number of allylic oxidation sites excluding steroid dienone is 2. The van der Waals surface area contributed by atoms with Gasteiger partial charge in [0.05, 0.1) is 11.9 Å². The van der Waals surface area contributed by atoms with Gasteiger partial charge in [-0.05, 0) is 53.4 Å². The van der Waals surface area contributed by atoms with Gasteiger partial charge in [0, 0.05) is 6.08 Å². The maximum Gasteiger partial charge on any atom is 0.242 e. The minimum atomic E-state index is -1.51. The van der Waals surface area contributed by atoms with Crippen molar-refractivity contribution in [2.75, 3.05) is 0 Å². The van der Waals surface area contributed by atoms with Crippen molar-refractivity contribution in [1.82, 2.24) is 0 Å². The molecule has 0 aromatic heterocycles. The predicted octanol–water partition coefficient (Wildman–Crippen LogP) is 4.07. The molecule has 0 aromatic rings. The maximum atomic E-state index is 5.83. The summed E-state index contributed by atoms with van der Waals surface area (Å²) in [6.07, 6.45) is 5.54. The Bertz CT molecular complexity index is 241. The molecule has 3 heteroatoms. The van der Waals surface area contributed by atoms with Gasteiger partial charge in [-0.2, -0.15) is 0 Å². The molecule has 0 saturated carbocycles. The average Bonchev–Trinajstić information content (AvgIpc) is 1.97. The Morgan fingerprint density at radius 1 is 1.13 bits per heavy atom. The molecule has 0 unspecified atom stereocenters. The van der Waals surface area contributed by atoms with Gasteiger partial charge in [-0.25, -0.2) is 0 Å². The summed E-state index contributed by atoms with van der Waals surface area (Å²) in [4.78, 5) is 0. The fourth-order valence-corrected chi connectivity index (χ4v) is 1.74. The molecule has 2 nitrogen and oxygen atoms in total. The Kier molecular flexibility index (Phi) is 5.15. The largest absolute Gasteiger partial charge is 0.544 e. The van der Waals surface area contributed by atoms with Crippen molar-refractivity contribution in [1.29, 1.82) is 0 Å². The van der Waals surface area contributed by atoms with Crippen LogP contribution in [0.1, 0.15) is 27.7 Å². The zero-order valence-electron chi connectivity index (χ0n) is 11.0. The molecular weight excluding hydrogens is 204 g/mol. The molecule has 0 fully saturated rings. The van der Waals surface area contributed by atoms with E-state index in [-0.39, 0.29) is 5.60 Å². The lowest BCUT2D eigenvalue weighted by Gasteiger charge is -2.21. The smallest absolute Gasteiger partial charge is 0.242 e. The van der Waals surface area contributed by atoms with Crippen LogP contribution in [0.4, 0.5) is 0 Å². The van der Waals surface area contributed by atoms with Crippen molar-refractivity contribution in [2.45, 2.75) is 52.9 Å². The third kappa shape index (κ3) is 9.60. The van der Waals surface area contributed by atoms with Crippen LogP contribution in [0.5, 0.6) is 0 Å². The third-order valence-corrected chi connectivity index (χ3v) is 2.21. The van der Waals surface area contributed by atoms with Crippen molar-refractivity contribution in [3.8, 4) is 0 Å². The maximum absolute atomic E-state index is 5.83. The van der Waals surface area contributed by atoms with Crippen LogP contribution < -0.4 is 0 Å². The van der Waals surface area contributed by atoms with E-state index >= 15 is 0 Å². The zero-order valence-corrected chi connectivity index (χ0v) is 12.0. The first-order valence-electron chi connectivity index (χ1n) is 5.34. The first kappa shape index (κ1) is 14.3. The van der Waals surface area contributed by atoms with Gasteiger partial charge in [-0.1, -0.05) is 0 Å². The van der Waals surface area contributed by atoms with Gasteiger partial charge in [0.1, 0.15) is 5.76 Å². The fraction of sp³-hybridized carbons (Fsp3) is 0.667. The molecule has 0 aromatic carbocycles. The highest BCUT2D eigenvalue weighted by Gasteiger charge is 2.16. The summed E-state index contributed by atoms with van der Waals surface area (Å²) in [5.41, 5.74) is -0.144. The molecule has 88 valence electrons. The van der Waals surface area contributed by atoms with E-state index < -0.39 is 8.32 Å². The number of hydrogen-bond donors (Lipinski definition) is 0. The Morgan fingerprint density at radius 3 is 2.00 bits per heavy atom. The second kappa shape index (κ2) is 5.40. The zero-order chi connectivity index (χ0) is 12.1. The summed E-state index contributed by atoms with van der Waals surface area (Å²) < 4.78 is 11.3. The predicted molar refractivity (Wildman–Crippen MR) is 68.2 cm³/mol. The van der Waals surface area contributed by atoms with Gasteiger partial charge in [0.25, 0.3) is 0 Å². The molecule has 0 N–H and O–H groups in total. The van der Waals surface area contributed by atoms with Crippen LogP contribution >= 0.6 is 0 Å². The third-order valence-electron chi connectivity index (χ3n) is 1.36. The van der Waals surface area contributed by atoms with E-state index in [0.717, 1.165) is 5.76 Å². The van der Waals surface area contributed by atoms with Crippen LogP contribution in [-0.4, -0.2) is 13.9 Å². The highest BCUT2D eigenvalue weighted by Crippen LogP contribution is 2.13. The van der Waals surface area contributed by atoms with Crippen molar-refractivity contribution in [2.24, 2.45) is 0 Å². The molecule has 0 atom stereocenters. The van der Waals surface area contributed by atoms with Gasteiger partial charge in [0.2, 0.25) is 8.32 Å². The lowest BCUT2D eigenvalue weighted by Crippen LogP contribution is -2.24. The van der Waals surface area contributed by atoms with Crippen molar-refractivity contribution in [3.63, 3.8) is 0 Å². The van der Waals surface area contributed by atoms with Crippen molar-refractivity contribution < 1.29 is 9.16 Å². The Balaban J connectivity index is 4.25.